The van der Waals surface area contributed by atoms with Crippen LogP contribution in [0.5, 0.6) is 0 Å². The summed E-state index contributed by atoms with van der Waals surface area (Å²) in [5.41, 5.74) is 1.92. The molecule has 1 nitrogen and oxygen atoms in total. The first-order chi connectivity index (χ1) is 5.42. The van der Waals surface area contributed by atoms with Crippen LogP contribution in [0.15, 0.2) is 23.3 Å². The van der Waals surface area contributed by atoms with Gasteiger partial charge in [-0.15, -0.1) is 0 Å². The summed E-state index contributed by atoms with van der Waals surface area (Å²) in [6.45, 7) is 6.24. The third kappa shape index (κ3) is 1.98. The van der Waals surface area contributed by atoms with Crippen molar-refractivity contribution in [3.63, 3.8) is 0 Å². The molecule has 1 aliphatic rings. The van der Waals surface area contributed by atoms with Crippen LogP contribution in [0.3, 0.4) is 0 Å². The predicted octanol–water partition coefficient (Wildman–Crippen LogP) is 3.05. The first-order valence-electron chi connectivity index (χ1n) is 4.01. The van der Waals surface area contributed by atoms with E-state index >= 15 is 0 Å². The lowest BCUT2D eigenvalue weighted by molar-refractivity contribution is -0.108. The molecule has 0 bridgehead atoms. The molecule has 0 amide bonds. The number of hydrogen-bond donors (Lipinski definition) is 0. The highest BCUT2D eigenvalue weighted by atomic mass is 35.5. The molecular weight excluding hydrogens is 172 g/mol. The Labute approximate surface area is 78.1 Å². The van der Waals surface area contributed by atoms with Crippen molar-refractivity contribution in [1.29, 1.82) is 0 Å². The lowest BCUT2D eigenvalue weighted by atomic mass is 9.80. The lowest BCUT2D eigenvalue weighted by Crippen LogP contribution is -2.14. The van der Waals surface area contributed by atoms with E-state index in [1.807, 2.05) is 19.1 Å². The van der Waals surface area contributed by atoms with Gasteiger partial charge in [-0.05, 0) is 30.4 Å². The fraction of sp³-hybridized carbons (Fsp3) is 0.500. The highest BCUT2D eigenvalue weighted by molar-refractivity contribution is 6.68. The van der Waals surface area contributed by atoms with Crippen molar-refractivity contribution < 1.29 is 4.79 Å². The van der Waals surface area contributed by atoms with E-state index in [-0.39, 0.29) is 10.7 Å². The summed E-state index contributed by atoms with van der Waals surface area (Å²) in [5, 5.41) is -0.348. The molecule has 1 rings (SSSR count). The molecule has 0 saturated heterocycles. The Balaban J connectivity index is 2.95. The van der Waals surface area contributed by atoms with Crippen LogP contribution in [0, 0.1) is 5.41 Å². The number of hydrogen-bond acceptors (Lipinski definition) is 1. The third-order valence-corrected chi connectivity index (χ3v) is 2.30. The number of allylic oxidation sites excluding steroid dienone is 4. The van der Waals surface area contributed by atoms with E-state index in [1.165, 1.54) is 0 Å². The first-order valence-corrected chi connectivity index (χ1v) is 4.39. The van der Waals surface area contributed by atoms with Gasteiger partial charge in [0.05, 0.1) is 0 Å². The van der Waals surface area contributed by atoms with E-state index in [1.54, 1.807) is 0 Å². The van der Waals surface area contributed by atoms with Gasteiger partial charge >= 0.3 is 0 Å². The fourth-order valence-electron chi connectivity index (χ4n) is 1.52. The SMILES string of the molecule is CC1=C(C(=O)Cl)C=CC(C)(C)C1. The van der Waals surface area contributed by atoms with Crippen molar-refractivity contribution in [2.24, 2.45) is 5.41 Å². The van der Waals surface area contributed by atoms with E-state index in [9.17, 15) is 4.79 Å². The van der Waals surface area contributed by atoms with Crippen molar-refractivity contribution in [3.8, 4) is 0 Å². The van der Waals surface area contributed by atoms with E-state index < -0.39 is 0 Å². The van der Waals surface area contributed by atoms with Crippen LogP contribution < -0.4 is 0 Å². The molecule has 0 saturated carbocycles. The van der Waals surface area contributed by atoms with Gasteiger partial charge in [-0.1, -0.05) is 31.6 Å². The maximum atomic E-state index is 10.9. The van der Waals surface area contributed by atoms with Crippen LogP contribution >= 0.6 is 11.6 Å². The molecule has 0 spiro atoms. The average Bonchev–Trinajstić information content (AvgIpc) is 1.83. The second-order valence-electron chi connectivity index (χ2n) is 3.97. The van der Waals surface area contributed by atoms with Gasteiger partial charge in [0.2, 0.25) is 0 Å². The van der Waals surface area contributed by atoms with E-state index in [2.05, 4.69) is 13.8 Å². The Morgan fingerprint density at radius 3 is 2.58 bits per heavy atom. The van der Waals surface area contributed by atoms with Crippen LogP contribution in [0.1, 0.15) is 27.2 Å². The smallest absolute Gasteiger partial charge is 0.252 e. The zero-order valence-corrected chi connectivity index (χ0v) is 8.40. The molecule has 0 atom stereocenters. The second-order valence-corrected chi connectivity index (χ2v) is 4.31. The lowest BCUT2D eigenvalue weighted by Gasteiger charge is -2.25. The minimum atomic E-state index is -0.348. The fourth-order valence-corrected chi connectivity index (χ4v) is 1.75. The van der Waals surface area contributed by atoms with Gasteiger partial charge < -0.3 is 0 Å². The molecule has 0 aromatic rings. The Hall–Kier alpha value is -0.560. The maximum Gasteiger partial charge on any atom is 0.252 e. The Morgan fingerprint density at radius 2 is 2.17 bits per heavy atom. The topological polar surface area (TPSA) is 17.1 Å². The average molecular weight is 185 g/mol. The zero-order valence-electron chi connectivity index (χ0n) is 7.65. The Kier molecular flexibility index (Phi) is 2.43. The van der Waals surface area contributed by atoms with Crippen molar-refractivity contribution in [2.45, 2.75) is 27.2 Å². The van der Waals surface area contributed by atoms with Gasteiger partial charge in [-0.2, -0.15) is 0 Å². The summed E-state index contributed by atoms with van der Waals surface area (Å²) < 4.78 is 0. The maximum absolute atomic E-state index is 10.9. The molecule has 66 valence electrons. The molecular formula is C10H13ClO. The number of rotatable bonds is 1. The quantitative estimate of drug-likeness (QED) is 0.573. The summed E-state index contributed by atoms with van der Waals surface area (Å²) in [4.78, 5) is 10.9. The van der Waals surface area contributed by atoms with Gasteiger partial charge in [-0.25, -0.2) is 0 Å². The molecule has 12 heavy (non-hydrogen) atoms. The van der Waals surface area contributed by atoms with Gasteiger partial charge in [-0.3, -0.25) is 4.79 Å². The standard InChI is InChI=1S/C10H13ClO/c1-7-6-10(2,3)5-4-8(7)9(11)12/h4-5H,6H2,1-3H3. The molecule has 0 unspecified atom stereocenters. The summed E-state index contributed by atoms with van der Waals surface area (Å²) >= 11 is 5.40. The van der Waals surface area contributed by atoms with Crippen molar-refractivity contribution in [1.82, 2.24) is 0 Å². The van der Waals surface area contributed by atoms with Gasteiger partial charge in [0.25, 0.3) is 5.24 Å². The molecule has 0 N–H and O–H groups in total. The summed E-state index contributed by atoms with van der Waals surface area (Å²) in [7, 11) is 0. The highest BCUT2D eigenvalue weighted by Crippen LogP contribution is 2.33. The molecule has 1 aliphatic carbocycles. The predicted molar refractivity (Wildman–Crippen MR) is 51.1 cm³/mol. The van der Waals surface area contributed by atoms with E-state index in [0.29, 0.717) is 5.57 Å². The number of carbonyl (C=O) groups is 1. The van der Waals surface area contributed by atoms with Gasteiger partial charge in [0, 0.05) is 5.57 Å². The molecule has 0 aliphatic heterocycles. The molecule has 0 fully saturated rings. The zero-order chi connectivity index (χ0) is 9.35. The molecule has 2 heteroatoms. The van der Waals surface area contributed by atoms with Crippen molar-refractivity contribution in [3.05, 3.63) is 23.3 Å². The molecule has 0 radical (unpaired) electrons. The Bertz CT molecular complexity index is 272. The van der Waals surface area contributed by atoms with E-state index in [4.69, 9.17) is 11.6 Å². The summed E-state index contributed by atoms with van der Waals surface area (Å²) in [5.74, 6) is 0. The minimum Gasteiger partial charge on any atom is -0.276 e. The summed E-state index contributed by atoms with van der Waals surface area (Å²) in [6, 6.07) is 0. The molecule has 0 heterocycles. The van der Waals surface area contributed by atoms with Gasteiger partial charge in [0.15, 0.2) is 0 Å². The van der Waals surface area contributed by atoms with Crippen LogP contribution in [-0.4, -0.2) is 5.24 Å². The normalized spacial score (nSPS) is 21.3. The third-order valence-electron chi connectivity index (χ3n) is 2.09. The highest BCUT2D eigenvalue weighted by Gasteiger charge is 2.22. The summed E-state index contributed by atoms with van der Waals surface area (Å²) in [6.07, 6.45) is 4.78. The van der Waals surface area contributed by atoms with Crippen molar-refractivity contribution in [2.75, 3.05) is 0 Å². The molecule has 0 aromatic heterocycles. The minimum absolute atomic E-state index is 0.167. The molecule has 0 aromatic carbocycles. The monoisotopic (exact) mass is 184 g/mol. The second kappa shape index (κ2) is 3.06. The first kappa shape index (κ1) is 9.53. The number of halogens is 1. The van der Waals surface area contributed by atoms with E-state index in [0.717, 1.165) is 12.0 Å². The van der Waals surface area contributed by atoms with Crippen LogP contribution in [0.25, 0.3) is 0 Å². The van der Waals surface area contributed by atoms with Crippen molar-refractivity contribution >= 4 is 16.8 Å². The number of carbonyl (C=O) groups excluding carboxylic acids is 1. The Morgan fingerprint density at radius 1 is 1.58 bits per heavy atom. The van der Waals surface area contributed by atoms with Crippen LogP contribution in [0.4, 0.5) is 0 Å². The van der Waals surface area contributed by atoms with Crippen LogP contribution in [0.2, 0.25) is 0 Å². The van der Waals surface area contributed by atoms with Crippen LogP contribution in [-0.2, 0) is 4.79 Å². The van der Waals surface area contributed by atoms with Gasteiger partial charge in [0.1, 0.15) is 0 Å². The largest absolute Gasteiger partial charge is 0.276 e.